The van der Waals surface area contributed by atoms with Crippen LogP contribution in [-0.4, -0.2) is 11.7 Å². The van der Waals surface area contributed by atoms with Gasteiger partial charge in [-0.25, -0.2) is 0 Å². The molecule has 1 aromatic carbocycles. The normalized spacial score (nSPS) is 10.9. The summed E-state index contributed by atoms with van der Waals surface area (Å²) in [7, 11) is 0. The third kappa shape index (κ3) is 7.54. The van der Waals surface area contributed by atoms with Gasteiger partial charge in [0.05, 0.1) is 0 Å². The van der Waals surface area contributed by atoms with Crippen LogP contribution in [0.4, 0.5) is 0 Å². The highest BCUT2D eigenvalue weighted by atomic mass is 16.3. The lowest BCUT2D eigenvalue weighted by Gasteiger charge is -2.08. The smallest absolute Gasteiger partial charge is 0.120 e. The number of nitrogens with one attached hydrogen (secondary N) is 1. The number of phenolic OH excluding ortho intramolecular Hbond substituents is 1. The minimum Gasteiger partial charge on any atom is -0.508 e. The molecule has 114 valence electrons. The molecule has 0 saturated carbocycles. The Morgan fingerprint density at radius 3 is 2.30 bits per heavy atom. The molecule has 2 heteroatoms. The van der Waals surface area contributed by atoms with Crippen LogP contribution in [-0.2, 0) is 6.54 Å². The molecule has 0 radical (unpaired) electrons. The van der Waals surface area contributed by atoms with Gasteiger partial charge >= 0.3 is 0 Å². The van der Waals surface area contributed by atoms with E-state index in [2.05, 4.69) is 25.2 Å². The van der Waals surface area contributed by atoms with Gasteiger partial charge in [0.2, 0.25) is 0 Å². The molecule has 0 heterocycles. The quantitative estimate of drug-likeness (QED) is 0.562. The van der Waals surface area contributed by atoms with Gasteiger partial charge in [-0.15, -0.1) is 0 Å². The van der Waals surface area contributed by atoms with E-state index in [0.717, 1.165) is 18.7 Å². The zero-order valence-corrected chi connectivity index (χ0v) is 13.3. The second kappa shape index (κ2) is 10.7. The van der Waals surface area contributed by atoms with Gasteiger partial charge in [-0.2, -0.15) is 0 Å². The molecule has 0 aliphatic carbocycles. The van der Waals surface area contributed by atoms with Crippen LogP contribution in [0.15, 0.2) is 18.2 Å². The molecule has 0 aliphatic heterocycles. The highest BCUT2D eigenvalue weighted by Crippen LogP contribution is 2.17. The SMILES string of the molecule is CCCCCCCCCCNCc1cc(C)ccc1O. The number of aryl methyl sites for hydroxylation is 1. The van der Waals surface area contributed by atoms with Gasteiger partial charge in [0, 0.05) is 12.1 Å². The molecular formula is C18H31NO. The van der Waals surface area contributed by atoms with Crippen molar-refractivity contribution in [3.63, 3.8) is 0 Å². The van der Waals surface area contributed by atoms with Gasteiger partial charge in [0.1, 0.15) is 5.75 Å². The molecule has 0 atom stereocenters. The predicted molar refractivity (Wildman–Crippen MR) is 87.2 cm³/mol. The summed E-state index contributed by atoms with van der Waals surface area (Å²) in [5.41, 5.74) is 2.20. The van der Waals surface area contributed by atoms with E-state index in [4.69, 9.17) is 0 Å². The van der Waals surface area contributed by atoms with Crippen molar-refractivity contribution in [2.24, 2.45) is 0 Å². The monoisotopic (exact) mass is 277 g/mol. The lowest BCUT2D eigenvalue weighted by Crippen LogP contribution is -2.14. The maximum absolute atomic E-state index is 9.74. The molecule has 0 aliphatic rings. The number of unbranched alkanes of at least 4 members (excludes halogenated alkanes) is 7. The van der Waals surface area contributed by atoms with Gasteiger partial charge in [-0.3, -0.25) is 0 Å². The van der Waals surface area contributed by atoms with E-state index >= 15 is 0 Å². The average Bonchev–Trinajstić information content (AvgIpc) is 2.44. The zero-order valence-electron chi connectivity index (χ0n) is 13.3. The summed E-state index contributed by atoms with van der Waals surface area (Å²) in [6.45, 7) is 6.13. The summed E-state index contributed by atoms with van der Waals surface area (Å²) in [5.74, 6) is 0.402. The van der Waals surface area contributed by atoms with Crippen LogP contribution in [0.2, 0.25) is 0 Å². The fourth-order valence-corrected chi connectivity index (χ4v) is 2.46. The zero-order chi connectivity index (χ0) is 14.6. The maximum atomic E-state index is 9.74. The molecule has 2 nitrogen and oxygen atoms in total. The molecule has 1 rings (SSSR count). The highest BCUT2D eigenvalue weighted by molar-refractivity contribution is 5.35. The van der Waals surface area contributed by atoms with Crippen molar-refractivity contribution in [1.29, 1.82) is 0 Å². The maximum Gasteiger partial charge on any atom is 0.120 e. The van der Waals surface area contributed by atoms with Crippen molar-refractivity contribution < 1.29 is 5.11 Å². The van der Waals surface area contributed by atoms with Crippen LogP contribution in [0.1, 0.15) is 69.4 Å². The Balaban J connectivity index is 1.98. The summed E-state index contributed by atoms with van der Waals surface area (Å²) in [5, 5.41) is 13.2. The van der Waals surface area contributed by atoms with E-state index < -0.39 is 0 Å². The Morgan fingerprint density at radius 1 is 0.950 bits per heavy atom. The van der Waals surface area contributed by atoms with E-state index in [0.29, 0.717) is 5.75 Å². The summed E-state index contributed by atoms with van der Waals surface area (Å²) < 4.78 is 0. The van der Waals surface area contributed by atoms with Gasteiger partial charge in [0.15, 0.2) is 0 Å². The molecule has 0 fully saturated rings. The highest BCUT2D eigenvalue weighted by Gasteiger charge is 2.00. The minimum atomic E-state index is 0.402. The number of benzene rings is 1. The van der Waals surface area contributed by atoms with Crippen molar-refractivity contribution in [2.45, 2.75) is 71.8 Å². The molecule has 1 aromatic rings. The predicted octanol–water partition coefficient (Wildman–Crippen LogP) is 4.93. The standard InChI is InChI=1S/C18H31NO/c1-3-4-5-6-7-8-9-10-13-19-15-17-14-16(2)11-12-18(17)20/h11-12,14,19-20H,3-10,13,15H2,1-2H3. The van der Waals surface area contributed by atoms with Crippen molar-refractivity contribution in [2.75, 3.05) is 6.54 Å². The molecular weight excluding hydrogens is 246 g/mol. The first-order valence-corrected chi connectivity index (χ1v) is 8.23. The fraction of sp³-hybridized carbons (Fsp3) is 0.667. The Kier molecular flexibility index (Phi) is 9.14. The lowest BCUT2D eigenvalue weighted by atomic mass is 10.1. The van der Waals surface area contributed by atoms with Crippen molar-refractivity contribution in [3.05, 3.63) is 29.3 Å². The molecule has 20 heavy (non-hydrogen) atoms. The first kappa shape index (κ1) is 17.0. The van der Waals surface area contributed by atoms with E-state index in [9.17, 15) is 5.11 Å². The third-order valence-corrected chi connectivity index (χ3v) is 3.76. The second-order valence-corrected chi connectivity index (χ2v) is 5.78. The second-order valence-electron chi connectivity index (χ2n) is 5.78. The third-order valence-electron chi connectivity index (χ3n) is 3.76. The first-order valence-electron chi connectivity index (χ1n) is 8.23. The van der Waals surface area contributed by atoms with Crippen LogP contribution in [0.3, 0.4) is 0 Å². The van der Waals surface area contributed by atoms with E-state index in [1.165, 1.54) is 56.9 Å². The Hall–Kier alpha value is -1.02. The summed E-state index contributed by atoms with van der Waals surface area (Å²) in [6, 6.07) is 5.77. The summed E-state index contributed by atoms with van der Waals surface area (Å²) in [4.78, 5) is 0. The van der Waals surface area contributed by atoms with Crippen molar-refractivity contribution in [1.82, 2.24) is 5.32 Å². The fourth-order valence-electron chi connectivity index (χ4n) is 2.46. The number of hydrogen-bond acceptors (Lipinski definition) is 2. The summed E-state index contributed by atoms with van der Waals surface area (Å²) in [6.07, 6.45) is 10.8. The van der Waals surface area contributed by atoms with Crippen LogP contribution in [0, 0.1) is 6.92 Å². The molecule has 2 N–H and O–H groups in total. The summed E-state index contributed by atoms with van der Waals surface area (Å²) >= 11 is 0. The van der Waals surface area contributed by atoms with E-state index in [1.807, 2.05) is 6.07 Å². The lowest BCUT2D eigenvalue weighted by molar-refractivity contribution is 0.463. The van der Waals surface area contributed by atoms with Gasteiger partial charge in [0.25, 0.3) is 0 Å². The molecule has 0 bridgehead atoms. The van der Waals surface area contributed by atoms with Crippen LogP contribution < -0.4 is 5.32 Å². The molecule has 0 saturated heterocycles. The van der Waals surface area contributed by atoms with Gasteiger partial charge < -0.3 is 10.4 Å². The van der Waals surface area contributed by atoms with Gasteiger partial charge in [-0.1, -0.05) is 69.6 Å². The Bertz CT molecular complexity index is 362. The molecule has 0 aromatic heterocycles. The number of aromatic hydroxyl groups is 1. The van der Waals surface area contributed by atoms with Crippen molar-refractivity contribution in [3.8, 4) is 5.75 Å². The van der Waals surface area contributed by atoms with Crippen LogP contribution >= 0.6 is 0 Å². The van der Waals surface area contributed by atoms with E-state index in [-0.39, 0.29) is 0 Å². The molecule has 0 spiro atoms. The van der Waals surface area contributed by atoms with Crippen molar-refractivity contribution >= 4 is 0 Å². The largest absolute Gasteiger partial charge is 0.508 e. The first-order chi connectivity index (χ1) is 9.74. The Morgan fingerprint density at radius 2 is 1.60 bits per heavy atom. The molecule has 0 amide bonds. The number of phenols is 1. The number of hydrogen-bond donors (Lipinski definition) is 2. The Labute approximate surface area is 124 Å². The van der Waals surface area contributed by atoms with E-state index in [1.54, 1.807) is 6.07 Å². The average molecular weight is 277 g/mol. The topological polar surface area (TPSA) is 32.3 Å². The molecule has 0 unspecified atom stereocenters. The van der Waals surface area contributed by atoms with Crippen LogP contribution in [0.25, 0.3) is 0 Å². The number of rotatable bonds is 11. The van der Waals surface area contributed by atoms with Gasteiger partial charge in [-0.05, 0) is 26.0 Å². The van der Waals surface area contributed by atoms with Crippen LogP contribution in [0.5, 0.6) is 5.75 Å². The minimum absolute atomic E-state index is 0.402.